The summed E-state index contributed by atoms with van der Waals surface area (Å²) in [6.07, 6.45) is -0.359. The van der Waals surface area contributed by atoms with Crippen molar-refractivity contribution in [3.8, 4) is 5.75 Å². The number of carbonyl (C=O) groups excluding carboxylic acids is 1. The number of rotatable bonds is 0. The second kappa shape index (κ2) is 4.10. The van der Waals surface area contributed by atoms with Crippen molar-refractivity contribution in [2.45, 2.75) is 0 Å². The number of fused-ring (bicyclic) bond motifs is 1. The zero-order valence-electron chi connectivity index (χ0n) is 8.20. The van der Waals surface area contributed by atoms with Gasteiger partial charge in [-0.2, -0.15) is 0 Å². The van der Waals surface area contributed by atoms with Crippen LogP contribution in [0.2, 0.25) is 0 Å². The van der Waals surface area contributed by atoms with Crippen LogP contribution in [0.5, 0.6) is 5.75 Å². The molecule has 15 heavy (non-hydrogen) atoms. The first-order chi connectivity index (χ1) is 7.22. The third-order valence-corrected chi connectivity index (χ3v) is 2.67. The Morgan fingerprint density at radius 1 is 1.60 bits per heavy atom. The number of ether oxygens (including phenoxy) is 2. The molecule has 0 aromatic heterocycles. The number of methoxy groups -OCH3 is 1. The Bertz CT molecular complexity index is 394. The molecule has 4 nitrogen and oxygen atoms in total. The molecule has 0 N–H and O–H groups in total. The van der Waals surface area contributed by atoms with Crippen LogP contribution < -0.4 is 9.64 Å². The Hall–Kier alpha value is -1.23. The van der Waals surface area contributed by atoms with E-state index in [1.165, 1.54) is 7.11 Å². The van der Waals surface area contributed by atoms with E-state index in [-0.39, 0.29) is 6.09 Å². The third kappa shape index (κ3) is 1.92. The lowest BCUT2D eigenvalue weighted by Crippen LogP contribution is -2.37. The number of amides is 1. The number of nitrogens with zero attached hydrogens (tertiary/aromatic N) is 1. The SMILES string of the molecule is COC(=O)N1CCOc2cc(Br)ccc21. The average Bonchev–Trinajstić information content (AvgIpc) is 2.26. The zero-order valence-corrected chi connectivity index (χ0v) is 9.78. The molecule has 2 rings (SSSR count). The van der Waals surface area contributed by atoms with Gasteiger partial charge in [-0.05, 0) is 18.2 Å². The van der Waals surface area contributed by atoms with E-state index in [1.54, 1.807) is 4.90 Å². The molecule has 0 aliphatic carbocycles. The summed E-state index contributed by atoms with van der Waals surface area (Å²) in [6.45, 7) is 1.000. The van der Waals surface area contributed by atoms with Gasteiger partial charge in [0, 0.05) is 4.47 Å². The van der Waals surface area contributed by atoms with Crippen LogP contribution in [-0.4, -0.2) is 26.4 Å². The number of carbonyl (C=O) groups is 1. The van der Waals surface area contributed by atoms with E-state index in [4.69, 9.17) is 9.47 Å². The molecule has 1 amide bonds. The maximum absolute atomic E-state index is 11.5. The minimum Gasteiger partial charge on any atom is -0.489 e. The summed E-state index contributed by atoms with van der Waals surface area (Å²) in [5.41, 5.74) is 0.747. The van der Waals surface area contributed by atoms with Crippen LogP contribution in [0.15, 0.2) is 22.7 Å². The van der Waals surface area contributed by atoms with Crippen molar-refractivity contribution >= 4 is 27.7 Å². The quantitative estimate of drug-likeness (QED) is 0.728. The second-order valence-electron chi connectivity index (χ2n) is 3.08. The van der Waals surface area contributed by atoms with E-state index in [9.17, 15) is 4.79 Å². The molecule has 1 aromatic carbocycles. The van der Waals surface area contributed by atoms with Crippen molar-refractivity contribution in [1.29, 1.82) is 0 Å². The number of benzene rings is 1. The first-order valence-corrected chi connectivity index (χ1v) is 5.29. The van der Waals surface area contributed by atoms with E-state index in [2.05, 4.69) is 15.9 Å². The summed E-state index contributed by atoms with van der Waals surface area (Å²) in [5, 5.41) is 0. The van der Waals surface area contributed by atoms with Gasteiger partial charge in [0.25, 0.3) is 0 Å². The molecular weight excluding hydrogens is 262 g/mol. The van der Waals surface area contributed by atoms with Gasteiger partial charge >= 0.3 is 6.09 Å². The Kier molecular flexibility index (Phi) is 2.81. The number of anilines is 1. The Labute approximate surface area is 95.9 Å². The van der Waals surface area contributed by atoms with Crippen molar-refractivity contribution in [2.24, 2.45) is 0 Å². The molecule has 0 spiro atoms. The molecule has 1 aliphatic heterocycles. The fourth-order valence-corrected chi connectivity index (χ4v) is 1.83. The van der Waals surface area contributed by atoms with Crippen molar-refractivity contribution in [1.82, 2.24) is 0 Å². The van der Waals surface area contributed by atoms with Crippen LogP contribution in [0.25, 0.3) is 0 Å². The molecule has 1 heterocycles. The molecule has 0 atom stereocenters. The maximum Gasteiger partial charge on any atom is 0.414 e. The van der Waals surface area contributed by atoms with Crippen molar-refractivity contribution < 1.29 is 14.3 Å². The lowest BCUT2D eigenvalue weighted by molar-refractivity contribution is 0.174. The summed E-state index contributed by atoms with van der Waals surface area (Å²) in [5.74, 6) is 0.695. The van der Waals surface area contributed by atoms with Gasteiger partial charge in [0.05, 0.1) is 19.3 Å². The van der Waals surface area contributed by atoms with E-state index in [0.29, 0.717) is 18.9 Å². The highest BCUT2D eigenvalue weighted by Gasteiger charge is 2.24. The predicted octanol–water partition coefficient (Wildman–Crippen LogP) is 2.41. The third-order valence-electron chi connectivity index (χ3n) is 2.18. The van der Waals surface area contributed by atoms with Crippen molar-refractivity contribution in [3.05, 3.63) is 22.7 Å². The smallest absolute Gasteiger partial charge is 0.414 e. The van der Waals surface area contributed by atoms with E-state index >= 15 is 0 Å². The van der Waals surface area contributed by atoms with Crippen LogP contribution in [-0.2, 0) is 4.74 Å². The molecule has 0 unspecified atom stereocenters. The lowest BCUT2D eigenvalue weighted by Gasteiger charge is -2.28. The number of hydrogen-bond acceptors (Lipinski definition) is 3. The topological polar surface area (TPSA) is 38.8 Å². The summed E-state index contributed by atoms with van der Waals surface area (Å²) < 4.78 is 11.1. The lowest BCUT2D eigenvalue weighted by atomic mass is 10.2. The average molecular weight is 272 g/mol. The molecular formula is C10H10BrNO3. The normalized spacial score (nSPS) is 14.1. The van der Waals surface area contributed by atoms with Crippen molar-refractivity contribution in [3.63, 3.8) is 0 Å². The molecule has 80 valence electrons. The first-order valence-electron chi connectivity index (χ1n) is 4.50. The van der Waals surface area contributed by atoms with Gasteiger partial charge in [-0.3, -0.25) is 4.90 Å². The van der Waals surface area contributed by atoms with Crippen LogP contribution in [0.1, 0.15) is 0 Å². The summed E-state index contributed by atoms with van der Waals surface area (Å²) in [6, 6.07) is 5.53. The highest BCUT2D eigenvalue weighted by molar-refractivity contribution is 9.10. The monoisotopic (exact) mass is 271 g/mol. The molecule has 0 saturated heterocycles. The molecule has 0 bridgehead atoms. The van der Waals surface area contributed by atoms with Gasteiger partial charge in [0.15, 0.2) is 0 Å². The molecule has 0 fully saturated rings. The maximum atomic E-state index is 11.5. The highest BCUT2D eigenvalue weighted by atomic mass is 79.9. The fraction of sp³-hybridized carbons (Fsp3) is 0.300. The molecule has 0 radical (unpaired) electrons. The largest absolute Gasteiger partial charge is 0.489 e. The highest BCUT2D eigenvalue weighted by Crippen LogP contribution is 2.34. The van der Waals surface area contributed by atoms with Gasteiger partial charge in [-0.15, -0.1) is 0 Å². The predicted molar refractivity (Wildman–Crippen MR) is 59.4 cm³/mol. The van der Waals surface area contributed by atoms with E-state index < -0.39 is 0 Å². The summed E-state index contributed by atoms with van der Waals surface area (Å²) in [7, 11) is 1.37. The van der Waals surface area contributed by atoms with E-state index in [0.717, 1.165) is 10.2 Å². The van der Waals surface area contributed by atoms with E-state index in [1.807, 2.05) is 18.2 Å². The minimum absolute atomic E-state index is 0.359. The molecule has 1 aliphatic rings. The van der Waals surface area contributed by atoms with Gasteiger partial charge in [0.2, 0.25) is 0 Å². The number of hydrogen-bond donors (Lipinski definition) is 0. The Morgan fingerprint density at radius 2 is 2.40 bits per heavy atom. The van der Waals surface area contributed by atoms with Gasteiger partial charge in [-0.1, -0.05) is 15.9 Å². The fourth-order valence-electron chi connectivity index (χ4n) is 1.49. The summed E-state index contributed by atoms with van der Waals surface area (Å²) in [4.78, 5) is 13.0. The number of halogens is 1. The van der Waals surface area contributed by atoms with Gasteiger partial charge < -0.3 is 9.47 Å². The minimum atomic E-state index is -0.359. The Balaban J connectivity index is 2.38. The van der Waals surface area contributed by atoms with Crippen LogP contribution in [0.3, 0.4) is 0 Å². The second-order valence-corrected chi connectivity index (χ2v) is 4.00. The van der Waals surface area contributed by atoms with Crippen molar-refractivity contribution in [2.75, 3.05) is 25.2 Å². The molecule has 5 heteroatoms. The van der Waals surface area contributed by atoms with Crippen LogP contribution in [0.4, 0.5) is 10.5 Å². The van der Waals surface area contributed by atoms with Gasteiger partial charge in [-0.25, -0.2) is 4.79 Å². The first kappa shape index (κ1) is 10.3. The zero-order chi connectivity index (χ0) is 10.8. The molecule has 0 saturated carbocycles. The standard InChI is InChI=1S/C10H10BrNO3/c1-14-10(13)12-4-5-15-9-6-7(11)2-3-8(9)12/h2-3,6H,4-5H2,1H3. The Morgan fingerprint density at radius 3 is 3.13 bits per heavy atom. The van der Waals surface area contributed by atoms with Crippen LogP contribution in [0, 0.1) is 0 Å². The molecule has 1 aromatic rings. The summed E-state index contributed by atoms with van der Waals surface area (Å²) >= 11 is 3.35. The van der Waals surface area contributed by atoms with Crippen LogP contribution >= 0.6 is 15.9 Å². The van der Waals surface area contributed by atoms with Gasteiger partial charge in [0.1, 0.15) is 12.4 Å².